The van der Waals surface area contributed by atoms with Crippen molar-refractivity contribution in [2.45, 2.75) is 6.54 Å². The molecule has 0 radical (unpaired) electrons. The van der Waals surface area contributed by atoms with Crippen LogP contribution in [-0.4, -0.2) is 32.9 Å². The molecule has 2 rings (SSSR count). The molecule has 0 saturated carbocycles. The van der Waals surface area contributed by atoms with Gasteiger partial charge >= 0.3 is 0 Å². The molecule has 0 atom stereocenters. The normalized spacial score (nSPS) is 18.9. The smallest absolute Gasteiger partial charge is 0.236 e. The van der Waals surface area contributed by atoms with Gasteiger partial charge in [0.2, 0.25) is 5.91 Å². The van der Waals surface area contributed by atoms with Gasteiger partial charge in [-0.25, -0.2) is 4.98 Å². The topological polar surface area (TPSA) is 59.3 Å². The van der Waals surface area contributed by atoms with Gasteiger partial charge in [-0.3, -0.25) is 9.79 Å². The molecule has 0 aliphatic carbocycles. The molecule has 0 aromatic carbocycles. The van der Waals surface area contributed by atoms with Crippen molar-refractivity contribution < 1.29 is 4.79 Å². The zero-order valence-corrected chi connectivity index (χ0v) is 8.33. The highest BCUT2D eigenvalue weighted by molar-refractivity contribution is 8.15. The molecule has 1 amide bonds. The van der Waals surface area contributed by atoms with Crippen LogP contribution in [0, 0.1) is 0 Å². The molecule has 0 bridgehead atoms. The number of carbonyl (C=O) groups is 1. The number of hydrogen-bond donors (Lipinski definition) is 1. The molecule has 0 unspecified atom stereocenters. The van der Waals surface area contributed by atoms with E-state index in [1.807, 2.05) is 10.8 Å². The van der Waals surface area contributed by atoms with Gasteiger partial charge in [-0.2, -0.15) is 0 Å². The Kier molecular flexibility index (Phi) is 2.83. The SMILES string of the molecule is O=C1CSC(=NCCn2ccnc2)N1. The Labute approximate surface area is 85.6 Å². The number of amides is 1. The molecule has 1 aromatic rings. The predicted octanol–water partition coefficient (Wildman–Crippen LogP) is 0.102. The fraction of sp³-hybridized carbons (Fsp3) is 0.375. The third kappa shape index (κ3) is 2.35. The lowest BCUT2D eigenvalue weighted by Gasteiger charge is -1.98. The Hall–Kier alpha value is -1.30. The number of amidine groups is 1. The van der Waals surface area contributed by atoms with Crippen LogP contribution in [0.5, 0.6) is 0 Å². The molecule has 14 heavy (non-hydrogen) atoms. The fourth-order valence-electron chi connectivity index (χ4n) is 1.10. The van der Waals surface area contributed by atoms with Gasteiger partial charge in [-0.05, 0) is 0 Å². The third-order valence-corrected chi connectivity index (χ3v) is 2.67. The van der Waals surface area contributed by atoms with Crippen LogP contribution in [0.15, 0.2) is 23.7 Å². The highest BCUT2D eigenvalue weighted by Gasteiger charge is 2.15. The van der Waals surface area contributed by atoms with E-state index < -0.39 is 0 Å². The Morgan fingerprint density at radius 1 is 1.71 bits per heavy atom. The van der Waals surface area contributed by atoms with Gasteiger partial charge < -0.3 is 9.88 Å². The van der Waals surface area contributed by atoms with Gasteiger partial charge in [0, 0.05) is 18.9 Å². The molecule has 5 nitrogen and oxygen atoms in total. The third-order valence-electron chi connectivity index (χ3n) is 1.76. The minimum absolute atomic E-state index is 0.0383. The number of carbonyl (C=O) groups excluding carboxylic acids is 1. The summed E-state index contributed by atoms with van der Waals surface area (Å²) in [7, 11) is 0. The van der Waals surface area contributed by atoms with E-state index in [9.17, 15) is 4.79 Å². The van der Waals surface area contributed by atoms with Crippen LogP contribution >= 0.6 is 11.8 Å². The standard InChI is InChI=1S/C8H10N4OS/c13-7-5-14-8(11-7)10-2-4-12-3-1-9-6-12/h1,3,6H,2,4-5H2,(H,10,11,13). The number of nitrogens with zero attached hydrogens (tertiary/aromatic N) is 3. The summed E-state index contributed by atoms with van der Waals surface area (Å²) in [5.74, 6) is 0.528. The van der Waals surface area contributed by atoms with Crippen LogP contribution in [0.1, 0.15) is 0 Å². The van der Waals surface area contributed by atoms with E-state index in [-0.39, 0.29) is 5.91 Å². The summed E-state index contributed by atoms with van der Waals surface area (Å²) in [6, 6.07) is 0. The second-order valence-electron chi connectivity index (χ2n) is 2.82. The monoisotopic (exact) mass is 210 g/mol. The highest BCUT2D eigenvalue weighted by Crippen LogP contribution is 2.08. The molecule has 1 aliphatic heterocycles. The quantitative estimate of drug-likeness (QED) is 0.770. The maximum absolute atomic E-state index is 10.8. The summed E-state index contributed by atoms with van der Waals surface area (Å²) >= 11 is 1.45. The summed E-state index contributed by atoms with van der Waals surface area (Å²) in [5, 5.41) is 3.41. The first-order valence-corrected chi connectivity index (χ1v) is 5.26. The van der Waals surface area contributed by atoms with Crippen molar-refractivity contribution in [3.8, 4) is 0 Å². The summed E-state index contributed by atoms with van der Waals surface area (Å²) < 4.78 is 1.95. The van der Waals surface area contributed by atoms with E-state index in [2.05, 4.69) is 15.3 Å². The van der Waals surface area contributed by atoms with E-state index >= 15 is 0 Å². The van der Waals surface area contributed by atoms with Gasteiger partial charge in [0.1, 0.15) is 0 Å². The first-order chi connectivity index (χ1) is 6.84. The summed E-state index contributed by atoms with van der Waals surface area (Å²) in [6.07, 6.45) is 5.38. The zero-order valence-electron chi connectivity index (χ0n) is 7.51. The number of nitrogens with one attached hydrogen (secondary N) is 1. The lowest BCUT2D eigenvalue weighted by atomic mass is 10.6. The Morgan fingerprint density at radius 3 is 3.29 bits per heavy atom. The van der Waals surface area contributed by atoms with Crippen LogP contribution < -0.4 is 5.32 Å². The van der Waals surface area contributed by atoms with E-state index in [1.54, 1.807) is 12.5 Å². The largest absolute Gasteiger partial charge is 0.336 e. The first kappa shape index (κ1) is 9.26. The number of rotatable bonds is 3. The average molecular weight is 210 g/mol. The summed E-state index contributed by atoms with van der Waals surface area (Å²) in [6.45, 7) is 1.46. The number of aromatic nitrogens is 2. The molecule has 74 valence electrons. The van der Waals surface area contributed by atoms with Crippen molar-refractivity contribution in [3.63, 3.8) is 0 Å². The molecule has 0 spiro atoms. The molecule has 1 saturated heterocycles. The minimum atomic E-state index is 0.0383. The Morgan fingerprint density at radius 2 is 2.64 bits per heavy atom. The van der Waals surface area contributed by atoms with Crippen LogP contribution in [0.25, 0.3) is 0 Å². The zero-order chi connectivity index (χ0) is 9.80. The van der Waals surface area contributed by atoms with Gasteiger partial charge in [0.25, 0.3) is 0 Å². The Bertz CT molecular complexity index is 346. The van der Waals surface area contributed by atoms with Gasteiger partial charge in [-0.15, -0.1) is 0 Å². The van der Waals surface area contributed by atoms with Crippen molar-refractivity contribution in [1.29, 1.82) is 0 Å². The number of hydrogen-bond acceptors (Lipinski definition) is 4. The maximum atomic E-state index is 10.8. The highest BCUT2D eigenvalue weighted by atomic mass is 32.2. The van der Waals surface area contributed by atoms with Crippen molar-refractivity contribution in [2.24, 2.45) is 4.99 Å². The molecule has 6 heteroatoms. The van der Waals surface area contributed by atoms with Crippen molar-refractivity contribution in [1.82, 2.24) is 14.9 Å². The van der Waals surface area contributed by atoms with Crippen molar-refractivity contribution in [2.75, 3.05) is 12.3 Å². The lowest BCUT2D eigenvalue weighted by Crippen LogP contribution is -2.20. The lowest BCUT2D eigenvalue weighted by molar-refractivity contribution is -0.116. The number of thioether (sulfide) groups is 1. The average Bonchev–Trinajstić information content (AvgIpc) is 2.77. The Balaban J connectivity index is 1.80. The minimum Gasteiger partial charge on any atom is -0.336 e. The van der Waals surface area contributed by atoms with Crippen LogP contribution in [0.3, 0.4) is 0 Å². The van der Waals surface area contributed by atoms with Crippen LogP contribution in [-0.2, 0) is 11.3 Å². The second kappa shape index (κ2) is 4.28. The van der Waals surface area contributed by atoms with Gasteiger partial charge in [0.05, 0.1) is 18.6 Å². The molecule has 2 heterocycles. The molecule has 1 aliphatic rings. The predicted molar refractivity (Wildman–Crippen MR) is 55.1 cm³/mol. The molecular formula is C8H10N4OS. The maximum Gasteiger partial charge on any atom is 0.236 e. The fourth-order valence-corrected chi connectivity index (χ4v) is 1.81. The van der Waals surface area contributed by atoms with Crippen molar-refractivity contribution in [3.05, 3.63) is 18.7 Å². The van der Waals surface area contributed by atoms with Crippen LogP contribution in [0.4, 0.5) is 0 Å². The molecule has 1 aromatic heterocycles. The molecule has 1 fully saturated rings. The van der Waals surface area contributed by atoms with Gasteiger partial charge in [-0.1, -0.05) is 11.8 Å². The van der Waals surface area contributed by atoms with E-state index in [0.29, 0.717) is 12.3 Å². The van der Waals surface area contributed by atoms with E-state index in [4.69, 9.17) is 0 Å². The van der Waals surface area contributed by atoms with Crippen LogP contribution in [0.2, 0.25) is 0 Å². The molecular weight excluding hydrogens is 200 g/mol. The number of aliphatic imine (C=N–C) groups is 1. The number of imidazole rings is 1. The second-order valence-corrected chi connectivity index (χ2v) is 3.79. The summed E-state index contributed by atoms with van der Waals surface area (Å²) in [4.78, 5) is 19.0. The first-order valence-electron chi connectivity index (χ1n) is 4.27. The molecule has 1 N–H and O–H groups in total. The van der Waals surface area contributed by atoms with E-state index in [0.717, 1.165) is 11.7 Å². The van der Waals surface area contributed by atoms with Crippen molar-refractivity contribution >= 4 is 22.8 Å². The van der Waals surface area contributed by atoms with Gasteiger partial charge in [0.15, 0.2) is 5.17 Å². The van der Waals surface area contributed by atoms with E-state index in [1.165, 1.54) is 11.8 Å². The summed E-state index contributed by atoms with van der Waals surface area (Å²) in [5.41, 5.74) is 0.